The molecular formula is C21H19N9O3S. The van der Waals surface area contributed by atoms with Crippen LogP contribution in [0.5, 0.6) is 0 Å². The van der Waals surface area contributed by atoms with E-state index in [4.69, 9.17) is 11.5 Å². The highest BCUT2D eigenvalue weighted by atomic mass is 32.2. The van der Waals surface area contributed by atoms with Crippen molar-refractivity contribution < 1.29 is 8.42 Å². The van der Waals surface area contributed by atoms with Gasteiger partial charge in [0.15, 0.2) is 15.7 Å². The summed E-state index contributed by atoms with van der Waals surface area (Å²) in [6.07, 6.45) is 4.02. The van der Waals surface area contributed by atoms with E-state index in [1.165, 1.54) is 29.1 Å². The third kappa shape index (κ3) is 3.97. The van der Waals surface area contributed by atoms with E-state index in [0.29, 0.717) is 5.69 Å². The Kier molecular flexibility index (Phi) is 5.60. The van der Waals surface area contributed by atoms with Crippen molar-refractivity contribution in [2.45, 2.75) is 17.9 Å². The largest absolute Gasteiger partial charge is 0.382 e. The van der Waals surface area contributed by atoms with Gasteiger partial charge < -0.3 is 16.8 Å². The van der Waals surface area contributed by atoms with Gasteiger partial charge in [0.1, 0.15) is 23.3 Å². The third-order valence-electron chi connectivity index (χ3n) is 5.00. The first-order chi connectivity index (χ1) is 16.1. The van der Waals surface area contributed by atoms with Gasteiger partial charge in [-0.25, -0.2) is 13.4 Å². The first-order valence-corrected chi connectivity index (χ1v) is 11.8. The Balaban J connectivity index is 2.00. The summed E-state index contributed by atoms with van der Waals surface area (Å²) in [5, 5.41) is 12.4. The Morgan fingerprint density at radius 1 is 1.15 bits per heavy atom. The summed E-state index contributed by atoms with van der Waals surface area (Å²) >= 11 is 0. The highest BCUT2D eigenvalue weighted by molar-refractivity contribution is 7.91. The summed E-state index contributed by atoms with van der Waals surface area (Å²) in [5.74, 6) is 0.0477. The molecule has 0 aliphatic heterocycles. The molecule has 1 atom stereocenters. The van der Waals surface area contributed by atoms with Gasteiger partial charge in [-0.05, 0) is 31.2 Å². The summed E-state index contributed by atoms with van der Waals surface area (Å²) in [5.41, 5.74) is 11.4. The first kappa shape index (κ1) is 22.6. The van der Waals surface area contributed by atoms with Crippen LogP contribution in [0.2, 0.25) is 0 Å². The minimum Gasteiger partial charge on any atom is -0.382 e. The fourth-order valence-electron chi connectivity index (χ4n) is 3.53. The normalized spacial score (nSPS) is 12.3. The van der Waals surface area contributed by atoms with Gasteiger partial charge in [-0.1, -0.05) is 6.07 Å². The van der Waals surface area contributed by atoms with Crippen molar-refractivity contribution >= 4 is 38.3 Å². The topological polar surface area (TPSA) is 196 Å². The lowest BCUT2D eigenvalue weighted by atomic mass is 10.2. The molecule has 172 valence electrons. The van der Waals surface area contributed by atoms with Crippen LogP contribution in [-0.4, -0.2) is 39.2 Å². The molecule has 0 fully saturated rings. The predicted octanol–water partition coefficient (Wildman–Crippen LogP) is 1.18. The predicted molar refractivity (Wildman–Crippen MR) is 126 cm³/mol. The molecule has 0 bridgehead atoms. The number of fused-ring (bicyclic) bond motifs is 1. The number of sulfone groups is 1. The number of benzene rings is 1. The van der Waals surface area contributed by atoms with E-state index in [2.05, 4.69) is 25.3 Å². The standard InChI is InChI=1S/C21H19N9O3S/c1-11(26-18-13(9-22)17(23)28-21(24)29-18)19-27-14-6-3-7-15(34(2,32)33)16(14)20(31)30(19)12-5-4-8-25-10-12/h3-8,10-11H,1-2H3,(H5,23,24,26,28,29). The summed E-state index contributed by atoms with van der Waals surface area (Å²) in [6, 6.07) is 8.92. The lowest BCUT2D eigenvalue weighted by Gasteiger charge is -2.21. The number of nitrogen functional groups attached to an aromatic ring is 2. The van der Waals surface area contributed by atoms with Crippen LogP contribution in [0, 0.1) is 11.3 Å². The molecule has 5 N–H and O–H groups in total. The molecule has 1 aromatic carbocycles. The molecule has 1 unspecified atom stereocenters. The molecule has 13 heteroatoms. The van der Waals surface area contributed by atoms with E-state index >= 15 is 0 Å². The molecule has 4 rings (SSSR count). The van der Waals surface area contributed by atoms with Gasteiger partial charge in [0, 0.05) is 12.5 Å². The van der Waals surface area contributed by atoms with E-state index in [1.807, 2.05) is 6.07 Å². The second kappa shape index (κ2) is 8.41. The molecule has 3 aromatic heterocycles. The van der Waals surface area contributed by atoms with E-state index in [1.54, 1.807) is 25.1 Å². The van der Waals surface area contributed by atoms with Crippen LogP contribution in [0.15, 0.2) is 52.4 Å². The molecule has 0 amide bonds. The Labute approximate surface area is 193 Å². The van der Waals surface area contributed by atoms with Crippen molar-refractivity contribution in [2.24, 2.45) is 0 Å². The molecule has 0 aliphatic carbocycles. The zero-order valence-electron chi connectivity index (χ0n) is 18.1. The molecule has 12 nitrogen and oxygen atoms in total. The number of anilines is 3. The second-order valence-corrected chi connectivity index (χ2v) is 9.40. The monoisotopic (exact) mass is 477 g/mol. The van der Waals surface area contributed by atoms with Crippen LogP contribution in [0.3, 0.4) is 0 Å². The maximum Gasteiger partial charge on any atom is 0.267 e. The van der Waals surface area contributed by atoms with Crippen molar-refractivity contribution in [1.82, 2.24) is 24.5 Å². The Morgan fingerprint density at radius 2 is 1.91 bits per heavy atom. The minimum absolute atomic E-state index is 0.0172. The quantitative estimate of drug-likeness (QED) is 0.373. The van der Waals surface area contributed by atoms with Crippen LogP contribution >= 0.6 is 0 Å². The minimum atomic E-state index is -3.72. The smallest absolute Gasteiger partial charge is 0.267 e. The number of hydrogen-bond acceptors (Lipinski definition) is 11. The fourth-order valence-corrected chi connectivity index (χ4v) is 4.42. The van der Waals surface area contributed by atoms with Crippen molar-refractivity contribution in [3.8, 4) is 11.8 Å². The Morgan fingerprint density at radius 3 is 2.56 bits per heavy atom. The van der Waals surface area contributed by atoms with Gasteiger partial charge in [0.25, 0.3) is 5.56 Å². The fraction of sp³-hybridized carbons (Fsp3) is 0.143. The Hall–Kier alpha value is -4.57. The average molecular weight is 478 g/mol. The lowest BCUT2D eigenvalue weighted by Crippen LogP contribution is -2.28. The van der Waals surface area contributed by atoms with Gasteiger partial charge in [-0.2, -0.15) is 15.2 Å². The zero-order valence-corrected chi connectivity index (χ0v) is 18.9. The maximum absolute atomic E-state index is 13.7. The molecular weight excluding hydrogens is 458 g/mol. The number of nitrogens with zero attached hydrogens (tertiary/aromatic N) is 6. The van der Waals surface area contributed by atoms with E-state index in [-0.39, 0.29) is 44.8 Å². The maximum atomic E-state index is 13.7. The molecule has 0 aliphatic rings. The number of pyridine rings is 1. The zero-order chi connectivity index (χ0) is 24.6. The highest BCUT2D eigenvalue weighted by Gasteiger charge is 2.24. The molecule has 0 saturated carbocycles. The molecule has 4 aromatic rings. The number of nitrogens with one attached hydrogen (secondary N) is 1. The van der Waals surface area contributed by atoms with Crippen LogP contribution in [-0.2, 0) is 9.84 Å². The molecule has 0 spiro atoms. The molecule has 0 radical (unpaired) electrons. The summed E-state index contributed by atoms with van der Waals surface area (Å²) in [6.45, 7) is 1.69. The number of rotatable bonds is 5. The number of aromatic nitrogens is 5. The number of nitrogens with two attached hydrogens (primary N) is 2. The third-order valence-corrected chi connectivity index (χ3v) is 6.13. The van der Waals surface area contributed by atoms with Gasteiger partial charge in [0.05, 0.1) is 33.7 Å². The van der Waals surface area contributed by atoms with Crippen molar-refractivity contribution in [3.05, 3.63) is 64.5 Å². The van der Waals surface area contributed by atoms with Gasteiger partial charge in [-0.3, -0.25) is 14.3 Å². The Bertz CT molecular complexity index is 1630. The average Bonchev–Trinajstić information content (AvgIpc) is 2.78. The van der Waals surface area contributed by atoms with Crippen LogP contribution in [0.1, 0.15) is 24.4 Å². The van der Waals surface area contributed by atoms with Crippen LogP contribution in [0.25, 0.3) is 16.6 Å². The van der Waals surface area contributed by atoms with Crippen molar-refractivity contribution in [2.75, 3.05) is 23.0 Å². The summed E-state index contributed by atoms with van der Waals surface area (Å²) < 4.78 is 26.0. The first-order valence-electron chi connectivity index (χ1n) is 9.87. The summed E-state index contributed by atoms with van der Waals surface area (Å²) in [4.78, 5) is 30.1. The van der Waals surface area contributed by atoms with Gasteiger partial charge >= 0.3 is 0 Å². The molecule has 34 heavy (non-hydrogen) atoms. The van der Waals surface area contributed by atoms with E-state index in [0.717, 1.165) is 6.26 Å². The highest BCUT2D eigenvalue weighted by Crippen LogP contribution is 2.26. The van der Waals surface area contributed by atoms with Crippen molar-refractivity contribution in [3.63, 3.8) is 0 Å². The number of nitriles is 1. The number of hydrogen-bond donors (Lipinski definition) is 3. The lowest BCUT2D eigenvalue weighted by molar-refractivity contribution is 0.602. The van der Waals surface area contributed by atoms with Crippen molar-refractivity contribution in [1.29, 1.82) is 5.26 Å². The molecule has 0 saturated heterocycles. The van der Waals surface area contributed by atoms with E-state index in [9.17, 15) is 18.5 Å². The summed E-state index contributed by atoms with van der Waals surface area (Å²) in [7, 11) is -3.72. The second-order valence-electron chi connectivity index (χ2n) is 7.41. The van der Waals surface area contributed by atoms with Crippen LogP contribution < -0.4 is 22.3 Å². The van der Waals surface area contributed by atoms with Gasteiger partial charge in [-0.15, -0.1) is 0 Å². The van der Waals surface area contributed by atoms with E-state index < -0.39 is 21.4 Å². The van der Waals surface area contributed by atoms with Gasteiger partial charge in [0.2, 0.25) is 5.95 Å². The SMILES string of the molecule is CC(Nc1nc(N)nc(N)c1C#N)c1nc2cccc(S(C)(=O)=O)c2c(=O)n1-c1cccnc1. The molecule has 3 heterocycles. The van der Waals surface area contributed by atoms with Crippen LogP contribution in [0.4, 0.5) is 17.6 Å².